The number of aliphatic hydroxyl groups is 1. The molecule has 1 N–H and O–H groups in total. The SMILES string of the molecule is Cc1ccccc1C1(O)CCN(Cc2ccc(CN(C)C)cc2)CC1. The lowest BCUT2D eigenvalue weighted by Crippen LogP contribution is -2.42. The quantitative estimate of drug-likeness (QED) is 0.903. The van der Waals surface area contributed by atoms with Crippen LogP contribution in [0.2, 0.25) is 0 Å². The molecule has 0 aromatic heterocycles. The maximum Gasteiger partial charge on any atom is 0.0923 e. The predicted molar refractivity (Wildman–Crippen MR) is 103 cm³/mol. The molecule has 1 heterocycles. The number of hydrogen-bond donors (Lipinski definition) is 1. The molecule has 0 amide bonds. The van der Waals surface area contributed by atoms with Crippen LogP contribution in [0.1, 0.15) is 35.1 Å². The third-order valence-corrected chi connectivity index (χ3v) is 5.26. The molecule has 2 aromatic rings. The van der Waals surface area contributed by atoms with Crippen LogP contribution in [0.3, 0.4) is 0 Å². The number of aryl methyl sites for hydroxylation is 1. The molecule has 1 aliphatic heterocycles. The third-order valence-electron chi connectivity index (χ3n) is 5.26. The Labute approximate surface area is 151 Å². The van der Waals surface area contributed by atoms with Crippen molar-refractivity contribution in [3.8, 4) is 0 Å². The molecule has 0 saturated carbocycles. The smallest absolute Gasteiger partial charge is 0.0923 e. The van der Waals surface area contributed by atoms with Crippen LogP contribution in [0.5, 0.6) is 0 Å². The van der Waals surface area contributed by atoms with Crippen molar-refractivity contribution in [2.75, 3.05) is 27.2 Å². The molecule has 0 spiro atoms. The molecule has 2 aromatic carbocycles. The van der Waals surface area contributed by atoms with Crippen molar-refractivity contribution in [3.63, 3.8) is 0 Å². The van der Waals surface area contributed by atoms with Gasteiger partial charge in [-0.3, -0.25) is 4.90 Å². The van der Waals surface area contributed by atoms with Gasteiger partial charge in [0.25, 0.3) is 0 Å². The molecule has 134 valence electrons. The first-order chi connectivity index (χ1) is 12.0. The largest absolute Gasteiger partial charge is 0.385 e. The van der Waals surface area contributed by atoms with Gasteiger partial charge in [0.2, 0.25) is 0 Å². The van der Waals surface area contributed by atoms with Gasteiger partial charge in [-0.1, -0.05) is 48.5 Å². The zero-order valence-electron chi connectivity index (χ0n) is 15.7. The summed E-state index contributed by atoms with van der Waals surface area (Å²) < 4.78 is 0. The highest BCUT2D eigenvalue weighted by molar-refractivity contribution is 5.32. The molecule has 0 unspecified atom stereocenters. The summed E-state index contributed by atoms with van der Waals surface area (Å²) in [6.07, 6.45) is 1.60. The second-order valence-electron chi connectivity index (χ2n) is 7.68. The highest BCUT2D eigenvalue weighted by Crippen LogP contribution is 2.34. The Hall–Kier alpha value is -1.68. The van der Waals surface area contributed by atoms with E-state index in [9.17, 15) is 5.11 Å². The lowest BCUT2D eigenvalue weighted by molar-refractivity contribution is -0.0281. The Bertz CT molecular complexity index is 685. The predicted octanol–water partition coefficient (Wildman–Crippen LogP) is 3.54. The molecule has 25 heavy (non-hydrogen) atoms. The number of likely N-dealkylation sites (tertiary alicyclic amines) is 1. The number of hydrogen-bond acceptors (Lipinski definition) is 3. The second-order valence-corrected chi connectivity index (χ2v) is 7.68. The van der Waals surface area contributed by atoms with Crippen LogP contribution in [0, 0.1) is 6.92 Å². The van der Waals surface area contributed by atoms with Crippen LogP contribution < -0.4 is 0 Å². The summed E-state index contributed by atoms with van der Waals surface area (Å²) in [5, 5.41) is 11.1. The molecule has 0 aliphatic carbocycles. The Morgan fingerprint density at radius 3 is 2.16 bits per heavy atom. The van der Waals surface area contributed by atoms with Gasteiger partial charge >= 0.3 is 0 Å². The van der Waals surface area contributed by atoms with Crippen LogP contribution >= 0.6 is 0 Å². The molecule has 3 nitrogen and oxygen atoms in total. The summed E-state index contributed by atoms with van der Waals surface area (Å²) in [7, 11) is 4.19. The van der Waals surface area contributed by atoms with Gasteiger partial charge < -0.3 is 10.0 Å². The zero-order valence-corrected chi connectivity index (χ0v) is 15.7. The molecule has 1 fully saturated rings. The average Bonchev–Trinajstić information content (AvgIpc) is 2.59. The minimum absolute atomic E-state index is 0.669. The Kier molecular flexibility index (Phi) is 5.57. The van der Waals surface area contributed by atoms with E-state index in [2.05, 4.69) is 67.2 Å². The molecule has 0 atom stereocenters. The minimum Gasteiger partial charge on any atom is -0.385 e. The van der Waals surface area contributed by atoms with Gasteiger partial charge in [-0.15, -0.1) is 0 Å². The van der Waals surface area contributed by atoms with Crippen molar-refractivity contribution in [1.82, 2.24) is 9.80 Å². The maximum atomic E-state index is 11.1. The van der Waals surface area contributed by atoms with Gasteiger partial charge in [-0.05, 0) is 56.1 Å². The number of benzene rings is 2. The van der Waals surface area contributed by atoms with Crippen LogP contribution in [0.25, 0.3) is 0 Å². The first-order valence-corrected chi connectivity index (χ1v) is 9.20. The molecule has 1 saturated heterocycles. The van der Waals surface area contributed by atoms with Crippen molar-refractivity contribution in [1.29, 1.82) is 0 Å². The Morgan fingerprint density at radius 2 is 1.56 bits per heavy atom. The summed E-state index contributed by atoms with van der Waals surface area (Å²) in [5.41, 5.74) is 4.32. The zero-order chi connectivity index (χ0) is 17.9. The van der Waals surface area contributed by atoms with Crippen LogP contribution in [-0.2, 0) is 18.7 Å². The second kappa shape index (κ2) is 7.69. The fourth-order valence-corrected chi connectivity index (χ4v) is 3.82. The van der Waals surface area contributed by atoms with Crippen molar-refractivity contribution >= 4 is 0 Å². The summed E-state index contributed by atoms with van der Waals surface area (Å²) in [6.45, 7) is 5.91. The van der Waals surface area contributed by atoms with E-state index in [1.54, 1.807) is 0 Å². The van der Waals surface area contributed by atoms with Crippen LogP contribution in [0.4, 0.5) is 0 Å². The lowest BCUT2D eigenvalue weighted by Gasteiger charge is -2.39. The average molecular weight is 338 g/mol. The Morgan fingerprint density at radius 1 is 0.960 bits per heavy atom. The van der Waals surface area contributed by atoms with E-state index < -0.39 is 5.60 Å². The van der Waals surface area contributed by atoms with E-state index in [0.29, 0.717) is 0 Å². The van der Waals surface area contributed by atoms with Gasteiger partial charge in [-0.25, -0.2) is 0 Å². The van der Waals surface area contributed by atoms with Crippen molar-refractivity contribution in [2.45, 2.75) is 38.5 Å². The van der Waals surface area contributed by atoms with Gasteiger partial charge in [0, 0.05) is 26.2 Å². The van der Waals surface area contributed by atoms with Gasteiger partial charge in [0.15, 0.2) is 0 Å². The first kappa shape index (κ1) is 18.1. The van der Waals surface area contributed by atoms with Crippen LogP contribution in [-0.4, -0.2) is 42.1 Å². The van der Waals surface area contributed by atoms with Crippen molar-refractivity contribution in [2.24, 2.45) is 0 Å². The van der Waals surface area contributed by atoms with E-state index in [1.165, 1.54) is 16.7 Å². The van der Waals surface area contributed by atoms with E-state index in [4.69, 9.17) is 0 Å². The van der Waals surface area contributed by atoms with Crippen LogP contribution in [0.15, 0.2) is 48.5 Å². The molecule has 3 heteroatoms. The summed E-state index contributed by atoms with van der Waals surface area (Å²) in [6, 6.07) is 17.2. The summed E-state index contributed by atoms with van der Waals surface area (Å²) in [5.74, 6) is 0. The van der Waals surface area contributed by atoms with E-state index in [-0.39, 0.29) is 0 Å². The molecule has 0 radical (unpaired) electrons. The standard InChI is InChI=1S/C22H30N2O/c1-18-6-4-5-7-21(18)22(25)12-14-24(15-13-22)17-20-10-8-19(9-11-20)16-23(2)3/h4-11,25H,12-17H2,1-3H3. The van der Waals surface area contributed by atoms with Gasteiger partial charge in [0.05, 0.1) is 5.60 Å². The molecule has 0 bridgehead atoms. The van der Waals surface area contributed by atoms with E-state index >= 15 is 0 Å². The fraction of sp³-hybridized carbons (Fsp3) is 0.455. The number of piperidine rings is 1. The highest BCUT2D eigenvalue weighted by atomic mass is 16.3. The summed E-state index contributed by atoms with van der Waals surface area (Å²) >= 11 is 0. The van der Waals surface area contributed by atoms with Gasteiger partial charge in [0.1, 0.15) is 0 Å². The molecule has 1 aliphatic rings. The van der Waals surface area contributed by atoms with Crippen molar-refractivity contribution in [3.05, 3.63) is 70.8 Å². The summed E-state index contributed by atoms with van der Waals surface area (Å²) in [4.78, 5) is 4.64. The monoisotopic (exact) mass is 338 g/mol. The molecular formula is C22H30N2O. The number of nitrogens with zero attached hydrogens (tertiary/aromatic N) is 2. The Balaban J connectivity index is 1.58. The van der Waals surface area contributed by atoms with E-state index in [0.717, 1.165) is 44.6 Å². The highest BCUT2D eigenvalue weighted by Gasteiger charge is 2.34. The topological polar surface area (TPSA) is 26.7 Å². The fourth-order valence-electron chi connectivity index (χ4n) is 3.82. The number of rotatable bonds is 5. The normalized spacial score (nSPS) is 17.8. The van der Waals surface area contributed by atoms with Gasteiger partial charge in [-0.2, -0.15) is 0 Å². The molecule has 3 rings (SSSR count). The first-order valence-electron chi connectivity index (χ1n) is 9.20. The lowest BCUT2D eigenvalue weighted by atomic mass is 9.82. The van der Waals surface area contributed by atoms with E-state index in [1.807, 2.05) is 12.1 Å². The maximum absolute atomic E-state index is 11.1. The molecular weight excluding hydrogens is 308 g/mol. The minimum atomic E-state index is -0.669. The third kappa shape index (κ3) is 4.49. The van der Waals surface area contributed by atoms with Crippen molar-refractivity contribution < 1.29 is 5.11 Å².